The van der Waals surface area contributed by atoms with E-state index in [9.17, 15) is 9.59 Å². The predicted octanol–water partition coefficient (Wildman–Crippen LogP) is 2.43. The molecular weight excluding hydrogens is 306 g/mol. The number of nitrogens with zero attached hydrogens (tertiary/aromatic N) is 2. The van der Waals surface area contributed by atoms with Crippen molar-refractivity contribution >= 4 is 17.5 Å². The highest BCUT2D eigenvalue weighted by Crippen LogP contribution is 2.29. The zero-order valence-electron chi connectivity index (χ0n) is 14.1. The summed E-state index contributed by atoms with van der Waals surface area (Å²) in [7, 11) is 0. The van der Waals surface area contributed by atoms with E-state index in [1.807, 2.05) is 12.1 Å². The average Bonchev–Trinajstić information content (AvgIpc) is 3.01. The van der Waals surface area contributed by atoms with Crippen molar-refractivity contribution in [3.63, 3.8) is 0 Å². The van der Waals surface area contributed by atoms with Gasteiger partial charge < -0.3 is 14.5 Å². The van der Waals surface area contributed by atoms with E-state index < -0.39 is 5.97 Å². The lowest BCUT2D eigenvalue weighted by Crippen LogP contribution is -2.45. The quantitative estimate of drug-likeness (QED) is 0.875. The highest BCUT2D eigenvalue weighted by Gasteiger charge is 2.28. The molecule has 1 amide bonds. The second kappa shape index (κ2) is 7.03. The summed E-state index contributed by atoms with van der Waals surface area (Å²) in [4.78, 5) is 28.3. The van der Waals surface area contributed by atoms with Crippen LogP contribution in [0, 0.1) is 11.8 Å². The van der Waals surface area contributed by atoms with Crippen molar-refractivity contribution in [2.24, 2.45) is 11.8 Å². The number of fused-ring (bicyclic) bond motifs is 1. The van der Waals surface area contributed by atoms with Gasteiger partial charge in [0.1, 0.15) is 5.65 Å². The first kappa shape index (κ1) is 16.5. The van der Waals surface area contributed by atoms with Crippen molar-refractivity contribution in [2.75, 3.05) is 6.61 Å². The molecule has 0 aliphatic heterocycles. The fraction of sp³-hybridized carbons (Fsp3) is 0.500. The van der Waals surface area contributed by atoms with Gasteiger partial charge >= 0.3 is 5.97 Å². The number of amides is 1. The van der Waals surface area contributed by atoms with Crippen LogP contribution in [-0.2, 0) is 9.53 Å². The Morgan fingerprint density at radius 3 is 2.96 bits per heavy atom. The smallest absolute Gasteiger partial charge is 0.359 e. The van der Waals surface area contributed by atoms with Gasteiger partial charge in [-0.15, -0.1) is 0 Å². The number of rotatable bonds is 4. The summed E-state index contributed by atoms with van der Waals surface area (Å²) in [5.74, 6) is 0.207. The molecule has 2 heterocycles. The summed E-state index contributed by atoms with van der Waals surface area (Å²) in [5.41, 5.74) is 0.868. The molecule has 1 N–H and O–H groups in total. The van der Waals surface area contributed by atoms with E-state index in [0.717, 1.165) is 12.8 Å². The highest BCUT2D eigenvalue weighted by atomic mass is 16.5. The van der Waals surface area contributed by atoms with E-state index in [2.05, 4.69) is 24.1 Å². The molecule has 2 aromatic heterocycles. The summed E-state index contributed by atoms with van der Waals surface area (Å²) in [6.07, 6.45) is 6.71. The van der Waals surface area contributed by atoms with E-state index in [1.165, 1.54) is 6.42 Å². The van der Waals surface area contributed by atoms with Gasteiger partial charge in [0.2, 0.25) is 0 Å². The van der Waals surface area contributed by atoms with E-state index in [4.69, 9.17) is 4.74 Å². The summed E-state index contributed by atoms with van der Waals surface area (Å²) in [6, 6.07) is 5.66. The SMILES string of the molecule is C[C@H]1[C@@H](NC(=O)COC(=O)c2cn3ccccc3n2)CCC[C@@H]1C. The standard InChI is InChI=1S/C18H23N3O3/c1-12-6-5-7-14(13(12)2)20-17(22)11-24-18(23)15-10-21-9-4-3-8-16(21)19-15/h3-4,8-10,12-14H,5-7,11H2,1-2H3,(H,20,22)/t12-,13+,14-/m0/s1. The molecule has 0 spiro atoms. The third kappa shape index (κ3) is 3.58. The first-order valence-electron chi connectivity index (χ1n) is 8.45. The minimum Gasteiger partial charge on any atom is -0.451 e. The van der Waals surface area contributed by atoms with Crippen LogP contribution in [0.3, 0.4) is 0 Å². The number of imidazole rings is 1. The van der Waals surface area contributed by atoms with Gasteiger partial charge in [-0.05, 0) is 30.4 Å². The van der Waals surface area contributed by atoms with Crippen LogP contribution in [0.15, 0.2) is 30.6 Å². The molecule has 24 heavy (non-hydrogen) atoms. The second-order valence-electron chi connectivity index (χ2n) is 6.61. The molecule has 1 saturated carbocycles. The molecule has 0 radical (unpaired) electrons. The number of pyridine rings is 1. The zero-order chi connectivity index (χ0) is 17.1. The number of carbonyl (C=O) groups excluding carboxylic acids is 2. The third-order valence-corrected chi connectivity index (χ3v) is 4.96. The topological polar surface area (TPSA) is 72.7 Å². The van der Waals surface area contributed by atoms with Gasteiger partial charge in [0.25, 0.3) is 5.91 Å². The largest absolute Gasteiger partial charge is 0.451 e. The fourth-order valence-electron chi connectivity index (χ4n) is 3.27. The molecule has 0 bridgehead atoms. The maximum atomic E-state index is 12.1. The van der Waals surface area contributed by atoms with Gasteiger partial charge in [-0.25, -0.2) is 9.78 Å². The molecule has 0 aromatic carbocycles. The number of carbonyl (C=O) groups is 2. The first-order valence-corrected chi connectivity index (χ1v) is 8.45. The van der Waals surface area contributed by atoms with Gasteiger partial charge in [0, 0.05) is 18.4 Å². The van der Waals surface area contributed by atoms with E-state index >= 15 is 0 Å². The van der Waals surface area contributed by atoms with Crippen LogP contribution in [0.5, 0.6) is 0 Å². The number of nitrogens with one attached hydrogen (secondary N) is 1. The Bertz CT molecular complexity index is 707. The van der Waals surface area contributed by atoms with Crippen LogP contribution in [0.2, 0.25) is 0 Å². The molecule has 2 aromatic rings. The molecule has 1 fully saturated rings. The van der Waals surface area contributed by atoms with Crippen LogP contribution >= 0.6 is 0 Å². The third-order valence-electron chi connectivity index (χ3n) is 4.96. The molecule has 0 unspecified atom stereocenters. The zero-order valence-corrected chi connectivity index (χ0v) is 14.1. The van der Waals surface area contributed by atoms with Gasteiger partial charge in [-0.2, -0.15) is 0 Å². The normalized spacial score (nSPS) is 23.8. The Morgan fingerprint density at radius 2 is 2.17 bits per heavy atom. The lowest BCUT2D eigenvalue weighted by atomic mass is 9.78. The summed E-state index contributed by atoms with van der Waals surface area (Å²) in [5, 5.41) is 2.99. The highest BCUT2D eigenvalue weighted by molar-refractivity contribution is 5.90. The number of aromatic nitrogens is 2. The summed E-state index contributed by atoms with van der Waals surface area (Å²) in [6.45, 7) is 4.11. The molecule has 1 aliphatic rings. The minimum atomic E-state index is -0.584. The molecule has 6 nitrogen and oxygen atoms in total. The Labute approximate surface area is 141 Å². The van der Waals surface area contributed by atoms with Crippen LogP contribution in [0.4, 0.5) is 0 Å². The van der Waals surface area contributed by atoms with E-state index in [-0.39, 0.29) is 24.2 Å². The summed E-state index contributed by atoms with van der Waals surface area (Å²) >= 11 is 0. The molecule has 0 saturated heterocycles. The molecule has 128 valence electrons. The van der Waals surface area contributed by atoms with Gasteiger partial charge in [-0.1, -0.05) is 32.8 Å². The minimum absolute atomic E-state index is 0.162. The van der Waals surface area contributed by atoms with E-state index in [0.29, 0.717) is 17.5 Å². The van der Waals surface area contributed by atoms with Crippen molar-refractivity contribution in [3.05, 3.63) is 36.3 Å². The van der Waals surface area contributed by atoms with Crippen LogP contribution < -0.4 is 5.32 Å². The number of esters is 1. The van der Waals surface area contributed by atoms with Crippen molar-refractivity contribution in [3.8, 4) is 0 Å². The average molecular weight is 329 g/mol. The Balaban J connectivity index is 1.53. The monoisotopic (exact) mass is 329 g/mol. The second-order valence-corrected chi connectivity index (χ2v) is 6.61. The lowest BCUT2D eigenvalue weighted by molar-refractivity contribution is -0.125. The van der Waals surface area contributed by atoms with Crippen molar-refractivity contribution in [2.45, 2.75) is 39.2 Å². The molecular formula is C18H23N3O3. The molecule has 3 atom stereocenters. The van der Waals surface area contributed by atoms with Crippen LogP contribution in [0.25, 0.3) is 5.65 Å². The van der Waals surface area contributed by atoms with Crippen LogP contribution in [0.1, 0.15) is 43.6 Å². The van der Waals surface area contributed by atoms with E-state index in [1.54, 1.807) is 22.9 Å². The maximum absolute atomic E-state index is 12.1. The van der Waals surface area contributed by atoms with Gasteiger partial charge in [0.15, 0.2) is 12.3 Å². The van der Waals surface area contributed by atoms with Crippen molar-refractivity contribution in [1.29, 1.82) is 0 Å². The Kier molecular flexibility index (Phi) is 4.83. The number of hydrogen-bond donors (Lipinski definition) is 1. The van der Waals surface area contributed by atoms with Crippen molar-refractivity contribution < 1.29 is 14.3 Å². The van der Waals surface area contributed by atoms with Crippen LogP contribution in [-0.4, -0.2) is 33.9 Å². The van der Waals surface area contributed by atoms with Crippen molar-refractivity contribution in [1.82, 2.24) is 14.7 Å². The van der Waals surface area contributed by atoms with Gasteiger partial charge in [-0.3, -0.25) is 4.79 Å². The number of ether oxygens (including phenoxy) is 1. The van der Waals surface area contributed by atoms with Gasteiger partial charge in [0.05, 0.1) is 0 Å². The molecule has 3 rings (SSSR count). The number of hydrogen-bond acceptors (Lipinski definition) is 4. The summed E-state index contributed by atoms with van der Waals surface area (Å²) < 4.78 is 6.83. The first-order chi connectivity index (χ1) is 11.5. The Hall–Kier alpha value is -2.37. The lowest BCUT2D eigenvalue weighted by Gasteiger charge is -2.34. The fourth-order valence-corrected chi connectivity index (χ4v) is 3.27. The maximum Gasteiger partial charge on any atom is 0.359 e. The predicted molar refractivity (Wildman–Crippen MR) is 89.6 cm³/mol. The molecule has 1 aliphatic carbocycles. The Morgan fingerprint density at radius 1 is 1.33 bits per heavy atom. The molecule has 6 heteroatoms.